The number of ether oxygens (including phenoxy) is 1. The van der Waals surface area contributed by atoms with Crippen molar-refractivity contribution in [3.8, 4) is 11.8 Å². The van der Waals surface area contributed by atoms with E-state index in [1.54, 1.807) is 13.8 Å². The number of nitrogens with one attached hydrogen (secondary N) is 1. The summed E-state index contributed by atoms with van der Waals surface area (Å²) >= 11 is 0. The minimum absolute atomic E-state index is 0.0155. The van der Waals surface area contributed by atoms with Gasteiger partial charge in [-0.05, 0) is 32.0 Å². The lowest BCUT2D eigenvalue weighted by Gasteiger charge is -2.19. The molecule has 0 saturated heterocycles. The lowest BCUT2D eigenvalue weighted by molar-refractivity contribution is 0.401. The Morgan fingerprint density at radius 1 is 1.47 bits per heavy atom. The predicted octanol–water partition coefficient (Wildman–Crippen LogP) is 0.582. The van der Waals surface area contributed by atoms with E-state index in [0.29, 0.717) is 5.56 Å². The number of hydrogen-bond acceptors (Lipinski definition) is 5. The van der Waals surface area contributed by atoms with Crippen LogP contribution in [-0.2, 0) is 10.0 Å². The fourth-order valence-corrected chi connectivity index (χ4v) is 2.69. The van der Waals surface area contributed by atoms with Crippen LogP contribution >= 0.6 is 0 Å². The minimum Gasteiger partial charge on any atom is -0.495 e. The predicted molar refractivity (Wildman–Crippen MR) is 71.2 cm³/mol. The highest BCUT2D eigenvalue weighted by molar-refractivity contribution is 7.89. The van der Waals surface area contributed by atoms with Gasteiger partial charge in [-0.3, -0.25) is 0 Å². The molecule has 3 N–H and O–H groups in total. The van der Waals surface area contributed by atoms with E-state index in [-0.39, 0.29) is 17.2 Å². The maximum Gasteiger partial charge on any atom is 0.244 e. The quantitative estimate of drug-likeness (QED) is 0.822. The number of hydrogen-bond donors (Lipinski definition) is 2. The Labute approximate surface area is 113 Å². The smallest absolute Gasteiger partial charge is 0.244 e. The van der Waals surface area contributed by atoms with Crippen LogP contribution in [0, 0.1) is 11.3 Å². The maximum atomic E-state index is 12.1. The third-order valence-electron chi connectivity index (χ3n) is 2.30. The number of nitrogens with zero attached hydrogens (tertiary/aromatic N) is 1. The fraction of sp³-hybridized carbons (Fsp3) is 0.417. The summed E-state index contributed by atoms with van der Waals surface area (Å²) in [6, 6.07) is 6.06. The van der Waals surface area contributed by atoms with Crippen LogP contribution in [0.3, 0.4) is 0 Å². The van der Waals surface area contributed by atoms with Crippen LogP contribution < -0.4 is 15.2 Å². The first kappa shape index (κ1) is 15.4. The van der Waals surface area contributed by atoms with E-state index in [0.717, 1.165) is 0 Å². The number of nitriles is 1. The zero-order chi connectivity index (χ0) is 14.7. The Kier molecular flexibility index (Phi) is 4.52. The van der Waals surface area contributed by atoms with Crippen LogP contribution in [0.15, 0.2) is 23.1 Å². The highest BCUT2D eigenvalue weighted by Gasteiger charge is 2.22. The summed E-state index contributed by atoms with van der Waals surface area (Å²) < 4.78 is 31.7. The van der Waals surface area contributed by atoms with E-state index in [1.807, 2.05) is 6.07 Å². The van der Waals surface area contributed by atoms with Gasteiger partial charge in [-0.1, -0.05) is 0 Å². The van der Waals surface area contributed by atoms with Crippen LogP contribution in [0.1, 0.15) is 19.4 Å². The molecule has 0 heterocycles. The first-order chi connectivity index (χ1) is 8.69. The van der Waals surface area contributed by atoms with Crippen molar-refractivity contribution in [1.29, 1.82) is 5.26 Å². The number of methoxy groups -OCH3 is 1. The molecule has 0 atom stereocenters. The van der Waals surface area contributed by atoms with E-state index in [1.165, 1.54) is 25.3 Å². The summed E-state index contributed by atoms with van der Waals surface area (Å²) in [4.78, 5) is -0.0155. The highest BCUT2D eigenvalue weighted by Crippen LogP contribution is 2.24. The second-order valence-electron chi connectivity index (χ2n) is 4.79. The van der Waals surface area contributed by atoms with E-state index in [2.05, 4.69) is 4.72 Å². The minimum atomic E-state index is -3.73. The molecule has 1 aromatic rings. The summed E-state index contributed by atoms with van der Waals surface area (Å²) in [5.74, 6) is 0.126. The average molecular weight is 283 g/mol. The molecule has 104 valence electrons. The van der Waals surface area contributed by atoms with Gasteiger partial charge in [0.2, 0.25) is 10.0 Å². The summed E-state index contributed by atoms with van der Waals surface area (Å²) in [7, 11) is -2.38. The molecule has 0 saturated carbocycles. The largest absolute Gasteiger partial charge is 0.495 e. The zero-order valence-corrected chi connectivity index (χ0v) is 11.9. The van der Waals surface area contributed by atoms with Crippen molar-refractivity contribution in [3.63, 3.8) is 0 Å². The van der Waals surface area contributed by atoms with Crippen molar-refractivity contribution in [2.75, 3.05) is 13.7 Å². The summed E-state index contributed by atoms with van der Waals surface area (Å²) in [5.41, 5.74) is 5.40. The maximum absolute atomic E-state index is 12.1. The first-order valence-corrected chi connectivity index (χ1v) is 7.04. The molecule has 7 heteroatoms. The molecule has 19 heavy (non-hydrogen) atoms. The topological polar surface area (TPSA) is 105 Å². The second-order valence-corrected chi connectivity index (χ2v) is 6.53. The van der Waals surface area contributed by atoms with Crippen molar-refractivity contribution in [3.05, 3.63) is 23.8 Å². The van der Waals surface area contributed by atoms with Crippen LogP contribution in [0.25, 0.3) is 0 Å². The molecule has 0 bridgehead atoms. The molecule has 0 aliphatic carbocycles. The molecule has 0 amide bonds. The molecule has 0 aromatic heterocycles. The average Bonchev–Trinajstić information content (AvgIpc) is 2.35. The first-order valence-electron chi connectivity index (χ1n) is 5.56. The van der Waals surface area contributed by atoms with Gasteiger partial charge in [0.05, 0.1) is 18.7 Å². The molecule has 0 radical (unpaired) electrons. The van der Waals surface area contributed by atoms with Crippen LogP contribution in [0.2, 0.25) is 0 Å². The Morgan fingerprint density at radius 3 is 2.58 bits per heavy atom. The molecule has 0 fully saturated rings. The standard InChI is InChI=1S/C12H17N3O3S/c1-12(2,14)8-15-19(16,17)11-5-4-9(7-13)6-10(11)18-3/h4-6,15H,8,14H2,1-3H3. The highest BCUT2D eigenvalue weighted by atomic mass is 32.2. The lowest BCUT2D eigenvalue weighted by atomic mass is 10.1. The fourth-order valence-electron chi connectivity index (χ4n) is 1.32. The van der Waals surface area contributed by atoms with Gasteiger partial charge in [0.1, 0.15) is 10.6 Å². The normalized spacial score (nSPS) is 11.9. The third-order valence-corrected chi connectivity index (χ3v) is 3.74. The lowest BCUT2D eigenvalue weighted by Crippen LogP contribution is -2.45. The zero-order valence-electron chi connectivity index (χ0n) is 11.1. The van der Waals surface area contributed by atoms with Crippen molar-refractivity contribution >= 4 is 10.0 Å². The molecule has 0 spiro atoms. The number of benzene rings is 1. The number of nitrogens with two attached hydrogens (primary N) is 1. The van der Waals surface area contributed by atoms with Gasteiger partial charge in [0.15, 0.2) is 0 Å². The number of rotatable bonds is 5. The Bertz CT molecular complexity index is 598. The molecule has 1 rings (SSSR count). The Balaban J connectivity index is 3.12. The van der Waals surface area contributed by atoms with Crippen LogP contribution in [0.4, 0.5) is 0 Å². The van der Waals surface area contributed by atoms with Gasteiger partial charge < -0.3 is 10.5 Å². The van der Waals surface area contributed by atoms with Gasteiger partial charge in [-0.25, -0.2) is 13.1 Å². The van der Waals surface area contributed by atoms with Crippen molar-refractivity contribution in [1.82, 2.24) is 4.72 Å². The molecular weight excluding hydrogens is 266 g/mol. The molecule has 0 unspecified atom stereocenters. The monoisotopic (exact) mass is 283 g/mol. The van der Waals surface area contributed by atoms with Crippen LogP contribution in [0.5, 0.6) is 5.75 Å². The Hall–Kier alpha value is -1.62. The summed E-state index contributed by atoms with van der Waals surface area (Å²) in [5, 5.41) is 8.77. The van der Waals surface area contributed by atoms with Crippen molar-refractivity contribution in [2.45, 2.75) is 24.3 Å². The van der Waals surface area contributed by atoms with Crippen molar-refractivity contribution in [2.24, 2.45) is 5.73 Å². The van der Waals surface area contributed by atoms with E-state index < -0.39 is 15.6 Å². The SMILES string of the molecule is COc1cc(C#N)ccc1S(=O)(=O)NCC(C)(C)N. The molecule has 6 nitrogen and oxygen atoms in total. The molecule has 0 aliphatic heterocycles. The van der Waals surface area contributed by atoms with Gasteiger partial charge in [0.25, 0.3) is 0 Å². The van der Waals surface area contributed by atoms with Gasteiger partial charge >= 0.3 is 0 Å². The summed E-state index contributed by atoms with van der Waals surface area (Å²) in [6.45, 7) is 3.52. The molecular formula is C12H17N3O3S. The van der Waals surface area contributed by atoms with Gasteiger partial charge in [-0.2, -0.15) is 5.26 Å². The van der Waals surface area contributed by atoms with E-state index >= 15 is 0 Å². The van der Waals surface area contributed by atoms with Crippen LogP contribution in [-0.4, -0.2) is 27.6 Å². The van der Waals surface area contributed by atoms with E-state index in [4.69, 9.17) is 15.7 Å². The number of sulfonamides is 1. The van der Waals surface area contributed by atoms with Gasteiger partial charge in [0, 0.05) is 12.1 Å². The van der Waals surface area contributed by atoms with E-state index in [9.17, 15) is 8.42 Å². The van der Waals surface area contributed by atoms with Gasteiger partial charge in [-0.15, -0.1) is 0 Å². The second kappa shape index (κ2) is 5.57. The third kappa shape index (κ3) is 4.21. The van der Waals surface area contributed by atoms with Crippen molar-refractivity contribution < 1.29 is 13.2 Å². The molecule has 0 aliphatic rings. The Morgan fingerprint density at radius 2 is 2.11 bits per heavy atom. The summed E-state index contributed by atoms with van der Waals surface area (Å²) in [6.07, 6.45) is 0. The molecule has 1 aromatic carbocycles.